The minimum absolute atomic E-state index is 0.876. The fourth-order valence-corrected chi connectivity index (χ4v) is 1.34. The van der Waals surface area contributed by atoms with Gasteiger partial charge < -0.3 is 5.32 Å². The molecule has 0 aliphatic carbocycles. The Kier molecular flexibility index (Phi) is 3.39. The second kappa shape index (κ2) is 4.34. The summed E-state index contributed by atoms with van der Waals surface area (Å²) >= 11 is 0. The summed E-state index contributed by atoms with van der Waals surface area (Å²) < 4.78 is 0. The molecule has 1 heteroatoms. The van der Waals surface area contributed by atoms with Gasteiger partial charge in [-0.2, -0.15) is 0 Å². The highest BCUT2D eigenvalue weighted by Gasteiger charge is 2.10. The maximum atomic E-state index is 3.19. The summed E-state index contributed by atoms with van der Waals surface area (Å²) in [6.45, 7) is 6.64. The quantitative estimate of drug-likeness (QED) is 0.664. The van der Waals surface area contributed by atoms with Crippen molar-refractivity contribution in [1.82, 2.24) is 5.32 Å². The monoisotopic (exact) mass is 165 g/mol. The topological polar surface area (TPSA) is 21.9 Å². The van der Waals surface area contributed by atoms with Crippen molar-refractivity contribution in [2.24, 2.45) is 5.92 Å². The average molecular weight is 165 g/mol. The number of hydrogen-bond donors (Lipinski definition) is 1. The van der Waals surface area contributed by atoms with Crippen LogP contribution in [0.15, 0.2) is 23.5 Å². The highest BCUT2D eigenvalue weighted by molar-refractivity contribution is 5.37. The van der Waals surface area contributed by atoms with Crippen molar-refractivity contribution >= 4 is 0 Å². The van der Waals surface area contributed by atoms with E-state index in [1.165, 1.54) is 30.7 Å². The molecule has 0 spiro atoms. The normalized spacial score (nSPS) is 16.0. The van der Waals surface area contributed by atoms with E-state index in [1.807, 2.05) is 0 Å². The van der Waals surface area contributed by atoms with E-state index in [0.717, 1.165) is 5.92 Å². The summed E-state index contributed by atoms with van der Waals surface area (Å²) in [7, 11) is 0. The van der Waals surface area contributed by atoms with Crippen LogP contribution in [0.2, 0.25) is 0 Å². The van der Waals surface area contributed by atoms with Gasteiger partial charge in [0.2, 0.25) is 0 Å². The van der Waals surface area contributed by atoms with Gasteiger partial charge in [-0.3, -0.25) is 0 Å². The number of hydrogen-bond acceptors (Lipinski definition) is 1. The molecule has 0 aromatic heterocycles. The first kappa shape index (κ1) is 9.37. The Balaban J connectivity index is 2.19. The molecule has 0 aromatic carbocycles. The molecule has 0 unspecified atom stereocenters. The van der Waals surface area contributed by atoms with Crippen LogP contribution >= 0.6 is 0 Å². The van der Waals surface area contributed by atoms with Crippen LogP contribution in [0, 0.1) is 5.92 Å². The van der Waals surface area contributed by atoms with Crippen molar-refractivity contribution in [2.45, 2.75) is 40.0 Å². The van der Waals surface area contributed by atoms with E-state index in [0.29, 0.717) is 0 Å². The van der Waals surface area contributed by atoms with Gasteiger partial charge in [0.25, 0.3) is 0 Å². The van der Waals surface area contributed by atoms with E-state index >= 15 is 0 Å². The Morgan fingerprint density at radius 2 is 1.92 bits per heavy atom. The summed E-state index contributed by atoms with van der Waals surface area (Å²) in [5.74, 6) is 0.876. The van der Waals surface area contributed by atoms with Gasteiger partial charge in [0.1, 0.15) is 0 Å². The Morgan fingerprint density at radius 3 is 2.33 bits per heavy atom. The number of rotatable bonds is 5. The van der Waals surface area contributed by atoms with Crippen LogP contribution in [-0.4, -0.2) is 0 Å². The fraction of sp³-hybridized carbons (Fsp3) is 0.636. The molecule has 0 aromatic rings. The van der Waals surface area contributed by atoms with Crippen LogP contribution in [0.5, 0.6) is 0 Å². The van der Waals surface area contributed by atoms with Crippen molar-refractivity contribution in [3.8, 4) is 0 Å². The molecule has 1 rings (SSSR count). The lowest BCUT2D eigenvalue weighted by molar-refractivity contribution is 0.500. The van der Waals surface area contributed by atoms with Crippen molar-refractivity contribution in [3.05, 3.63) is 23.5 Å². The van der Waals surface area contributed by atoms with Crippen molar-refractivity contribution in [2.75, 3.05) is 0 Å². The molecule has 12 heavy (non-hydrogen) atoms. The molecule has 0 bridgehead atoms. The van der Waals surface area contributed by atoms with Crippen molar-refractivity contribution in [1.29, 1.82) is 0 Å². The molecular formula is C11H19N. The van der Waals surface area contributed by atoms with Gasteiger partial charge >= 0.3 is 0 Å². The van der Waals surface area contributed by atoms with Crippen LogP contribution < -0.4 is 5.32 Å². The average Bonchev–Trinajstić information content (AvgIpc) is 2.76. The molecular weight excluding hydrogens is 146 g/mol. The first-order valence-electron chi connectivity index (χ1n) is 4.92. The third-order valence-corrected chi connectivity index (χ3v) is 2.57. The third kappa shape index (κ3) is 2.72. The minimum atomic E-state index is 0.876. The molecule has 1 aliphatic rings. The lowest BCUT2D eigenvalue weighted by atomic mass is 9.99. The second-order valence-electron chi connectivity index (χ2n) is 3.48. The van der Waals surface area contributed by atoms with Gasteiger partial charge in [-0.05, 0) is 25.3 Å². The summed E-state index contributed by atoms with van der Waals surface area (Å²) in [5, 5.41) is 3.19. The minimum Gasteiger partial charge on any atom is -0.356 e. The predicted molar refractivity (Wildman–Crippen MR) is 53.7 cm³/mol. The third-order valence-electron chi connectivity index (χ3n) is 2.57. The molecule has 1 heterocycles. The molecule has 1 N–H and O–H groups in total. The molecule has 0 fully saturated rings. The smallest absolute Gasteiger partial charge is 0.0572 e. The molecule has 0 saturated heterocycles. The van der Waals surface area contributed by atoms with Gasteiger partial charge in [0.15, 0.2) is 0 Å². The van der Waals surface area contributed by atoms with Gasteiger partial charge in [0.05, 0.1) is 5.70 Å². The van der Waals surface area contributed by atoms with E-state index in [1.54, 1.807) is 0 Å². The molecule has 68 valence electrons. The van der Waals surface area contributed by atoms with Gasteiger partial charge in [-0.25, -0.2) is 0 Å². The highest BCUT2D eigenvalue weighted by atomic mass is 15.0. The van der Waals surface area contributed by atoms with Gasteiger partial charge in [-0.1, -0.05) is 32.8 Å². The van der Waals surface area contributed by atoms with E-state index in [9.17, 15) is 0 Å². The van der Waals surface area contributed by atoms with E-state index < -0.39 is 0 Å². The van der Waals surface area contributed by atoms with E-state index in [4.69, 9.17) is 0 Å². The van der Waals surface area contributed by atoms with Crippen LogP contribution in [0.3, 0.4) is 0 Å². The van der Waals surface area contributed by atoms with Crippen LogP contribution in [0.25, 0.3) is 0 Å². The molecule has 0 radical (unpaired) electrons. The van der Waals surface area contributed by atoms with Gasteiger partial charge in [0, 0.05) is 5.70 Å². The summed E-state index contributed by atoms with van der Waals surface area (Å²) in [4.78, 5) is 0. The predicted octanol–water partition coefficient (Wildman–Crippen LogP) is 3.20. The Hall–Kier alpha value is -0.720. The molecule has 1 nitrogen and oxygen atoms in total. The molecule has 0 atom stereocenters. The first-order chi connectivity index (χ1) is 5.77. The Morgan fingerprint density at radius 1 is 1.33 bits per heavy atom. The molecule has 1 aliphatic heterocycles. The lowest BCUT2D eigenvalue weighted by Gasteiger charge is -2.07. The second-order valence-corrected chi connectivity index (χ2v) is 3.48. The Labute approximate surface area is 75.6 Å². The van der Waals surface area contributed by atoms with Crippen LogP contribution in [-0.2, 0) is 0 Å². The fourth-order valence-electron chi connectivity index (χ4n) is 1.34. The van der Waals surface area contributed by atoms with Crippen LogP contribution in [0.4, 0.5) is 0 Å². The first-order valence-corrected chi connectivity index (χ1v) is 4.92. The summed E-state index contributed by atoms with van der Waals surface area (Å²) in [6.07, 6.45) is 8.31. The highest BCUT2D eigenvalue weighted by Crippen LogP contribution is 2.17. The zero-order chi connectivity index (χ0) is 8.97. The zero-order valence-electron chi connectivity index (χ0n) is 8.35. The van der Waals surface area contributed by atoms with E-state index in [-0.39, 0.29) is 0 Å². The van der Waals surface area contributed by atoms with Crippen molar-refractivity contribution in [3.63, 3.8) is 0 Å². The van der Waals surface area contributed by atoms with Gasteiger partial charge in [-0.15, -0.1) is 0 Å². The van der Waals surface area contributed by atoms with Crippen LogP contribution in [0.1, 0.15) is 40.0 Å². The Bertz CT molecular complexity index is 197. The van der Waals surface area contributed by atoms with E-state index in [2.05, 4.69) is 38.2 Å². The lowest BCUT2D eigenvalue weighted by Crippen LogP contribution is -1.93. The van der Waals surface area contributed by atoms with Crippen molar-refractivity contribution < 1.29 is 0 Å². The largest absolute Gasteiger partial charge is 0.356 e. The number of nitrogens with one attached hydrogen (secondary N) is 1. The standard InChI is InChI=1S/C11H19N/c1-4-10(5-2)7-6-8-11-9(3)12-11/h6,8,10,12H,4-5,7H2,1-3H3/b8-6-. The molecule has 0 amide bonds. The SMILES string of the molecule is CCC(CC)C/C=C\C1=C(C)N1. The maximum absolute atomic E-state index is 3.19. The summed E-state index contributed by atoms with van der Waals surface area (Å²) in [5.41, 5.74) is 2.65. The summed E-state index contributed by atoms with van der Waals surface area (Å²) in [6, 6.07) is 0. The number of allylic oxidation sites excluding steroid dienone is 3. The zero-order valence-corrected chi connectivity index (χ0v) is 8.35. The maximum Gasteiger partial charge on any atom is 0.0572 e. The molecule has 0 saturated carbocycles.